The number of halogens is 4. The van der Waals surface area contributed by atoms with Crippen LogP contribution < -0.4 is 16.0 Å². The lowest BCUT2D eigenvalue weighted by Crippen LogP contribution is -2.34. The molecule has 2 rings (SSSR count). The molecule has 1 amide bonds. The number of nitrogens with zero attached hydrogens (tertiary/aromatic N) is 2. The summed E-state index contributed by atoms with van der Waals surface area (Å²) in [5.41, 5.74) is -1.12. The van der Waals surface area contributed by atoms with E-state index in [1.165, 1.54) is 13.0 Å². The molecular formula is C20H25F4N5O3S. The summed E-state index contributed by atoms with van der Waals surface area (Å²) in [4.78, 5) is 18.1. The molecule has 33 heavy (non-hydrogen) atoms. The summed E-state index contributed by atoms with van der Waals surface area (Å²) in [6, 6.07) is 3.07. The number of hydrogen-bond acceptors (Lipinski definition) is 7. The molecule has 0 fully saturated rings. The number of alkyl halides is 3. The van der Waals surface area contributed by atoms with Gasteiger partial charge in [0.15, 0.2) is 15.5 Å². The van der Waals surface area contributed by atoms with E-state index in [0.717, 1.165) is 24.6 Å². The SMILES string of the molecule is CC(=O)NCc1cnc(N[C@@H](CNc2ccc(F)c(S(C)(=O)=O)c2)C(C)C)nc1C(F)(F)F. The quantitative estimate of drug-likeness (QED) is 0.462. The number of anilines is 2. The minimum Gasteiger partial charge on any atom is -0.383 e. The van der Waals surface area contributed by atoms with Crippen LogP contribution in [0.15, 0.2) is 29.3 Å². The molecule has 8 nitrogen and oxygen atoms in total. The molecule has 3 N–H and O–H groups in total. The maximum absolute atomic E-state index is 13.8. The average Bonchev–Trinajstić information content (AvgIpc) is 2.69. The Morgan fingerprint density at radius 1 is 1.21 bits per heavy atom. The van der Waals surface area contributed by atoms with E-state index in [9.17, 15) is 30.8 Å². The summed E-state index contributed by atoms with van der Waals surface area (Å²) in [6.07, 6.45) is -2.87. The van der Waals surface area contributed by atoms with Gasteiger partial charge in [0.25, 0.3) is 0 Å². The van der Waals surface area contributed by atoms with Gasteiger partial charge in [-0.2, -0.15) is 13.2 Å². The molecule has 182 valence electrons. The molecule has 2 aromatic rings. The highest BCUT2D eigenvalue weighted by molar-refractivity contribution is 7.90. The van der Waals surface area contributed by atoms with E-state index in [1.807, 2.05) is 13.8 Å². The Labute approximate surface area is 189 Å². The minimum absolute atomic E-state index is 0.0932. The first-order valence-electron chi connectivity index (χ1n) is 9.86. The van der Waals surface area contributed by atoms with Gasteiger partial charge in [-0.05, 0) is 24.1 Å². The van der Waals surface area contributed by atoms with Gasteiger partial charge in [0, 0.05) is 49.8 Å². The lowest BCUT2D eigenvalue weighted by Gasteiger charge is -2.24. The van der Waals surface area contributed by atoms with E-state index in [0.29, 0.717) is 5.69 Å². The highest BCUT2D eigenvalue weighted by Crippen LogP contribution is 2.31. The van der Waals surface area contributed by atoms with Gasteiger partial charge in [0.2, 0.25) is 11.9 Å². The average molecular weight is 492 g/mol. The van der Waals surface area contributed by atoms with E-state index < -0.39 is 44.4 Å². The van der Waals surface area contributed by atoms with Crippen LogP contribution in [0.3, 0.4) is 0 Å². The van der Waals surface area contributed by atoms with E-state index in [4.69, 9.17) is 0 Å². The van der Waals surface area contributed by atoms with Crippen LogP contribution in [0.1, 0.15) is 32.0 Å². The Balaban J connectivity index is 2.22. The number of carbonyl (C=O) groups is 1. The molecular weight excluding hydrogens is 466 g/mol. The maximum Gasteiger partial charge on any atom is 0.433 e. The van der Waals surface area contributed by atoms with Crippen LogP contribution in [-0.4, -0.2) is 43.1 Å². The molecule has 0 radical (unpaired) electrons. The van der Waals surface area contributed by atoms with Crippen LogP contribution in [0.4, 0.5) is 29.2 Å². The van der Waals surface area contributed by atoms with Crippen LogP contribution in [-0.2, 0) is 27.4 Å². The molecule has 13 heteroatoms. The largest absolute Gasteiger partial charge is 0.433 e. The third-order valence-electron chi connectivity index (χ3n) is 4.64. The van der Waals surface area contributed by atoms with Crippen molar-refractivity contribution in [3.63, 3.8) is 0 Å². The topological polar surface area (TPSA) is 113 Å². The van der Waals surface area contributed by atoms with Crippen LogP contribution in [0, 0.1) is 11.7 Å². The van der Waals surface area contributed by atoms with Crippen molar-refractivity contribution in [3.8, 4) is 0 Å². The minimum atomic E-state index is -4.76. The number of carbonyl (C=O) groups excluding carboxylic acids is 1. The number of amides is 1. The number of hydrogen-bond donors (Lipinski definition) is 3. The van der Waals surface area contributed by atoms with Gasteiger partial charge in [-0.3, -0.25) is 4.79 Å². The highest BCUT2D eigenvalue weighted by Gasteiger charge is 2.36. The monoisotopic (exact) mass is 491 g/mol. The van der Waals surface area contributed by atoms with Gasteiger partial charge >= 0.3 is 6.18 Å². The summed E-state index contributed by atoms with van der Waals surface area (Å²) in [6.45, 7) is 4.62. The zero-order valence-electron chi connectivity index (χ0n) is 18.4. The number of sulfone groups is 1. The summed E-state index contributed by atoms with van der Waals surface area (Å²) < 4.78 is 77.6. The summed E-state index contributed by atoms with van der Waals surface area (Å²) in [5.74, 6) is -1.72. The standard InChI is InChI=1S/C20H25F4N5O3S/c1-11(2)16(10-26-14-5-6-15(21)17(7-14)33(4,31)32)28-19-27-9-13(8-25-12(3)30)18(29-19)20(22,23)24/h5-7,9,11,16,26H,8,10H2,1-4H3,(H,25,30)(H,27,28,29)/t16-/m0/s1. The maximum atomic E-state index is 13.8. The van der Waals surface area contributed by atoms with E-state index in [1.54, 1.807) is 0 Å². The van der Waals surface area contributed by atoms with Crippen molar-refractivity contribution in [1.82, 2.24) is 15.3 Å². The highest BCUT2D eigenvalue weighted by atomic mass is 32.2. The fourth-order valence-electron chi connectivity index (χ4n) is 2.82. The normalized spacial score (nSPS) is 13.0. The van der Waals surface area contributed by atoms with Crippen molar-refractivity contribution >= 4 is 27.4 Å². The van der Waals surface area contributed by atoms with E-state index >= 15 is 0 Å². The van der Waals surface area contributed by atoms with Gasteiger partial charge in [0.05, 0.1) is 0 Å². The predicted octanol–water partition coefficient (Wildman–Crippen LogP) is 3.22. The molecule has 1 atom stereocenters. The molecule has 0 bridgehead atoms. The van der Waals surface area contributed by atoms with Gasteiger partial charge < -0.3 is 16.0 Å². The number of nitrogens with one attached hydrogen (secondary N) is 3. The van der Waals surface area contributed by atoms with Crippen molar-refractivity contribution in [2.45, 2.75) is 44.4 Å². The van der Waals surface area contributed by atoms with Gasteiger partial charge in [-0.25, -0.2) is 22.8 Å². The molecule has 1 heterocycles. The van der Waals surface area contributed by atoms with Crippen molar-refractivity contribution in [2.75, 3.05) is 23.4 Å². The van der Waals surface area contributed by atoms with E-state index in [-0.39, 0.29) is 30.5 Å². The fourth-order valence-corrected chi connectivity index (χ4v) is 3.58. The van der Waals surface area contributed by atoms with Crippen molar-refractivity contribution in [2.24, 2.45) is 5.92 Å². The molecule has 1 aromatic heterocycles. The predicted molar refractivity (Wildman–Crippen MR) is 115 cm³/mol. The third-order valence-corrected chi connectivity index (χ3v) is 5.75. The molecule has 0 saturated carbocycles. The summed E-state index contributed by atoms with van der Waals surface area (Å²) >= 11 is 0. The second kappa shape index (κ2) is 10.3. The van der Waals surface area contributed by atoms with Crippen molar-refractivity contribution in [3.05, 3.63) is 41.5 Å². The molecule has 0 unspecified atom stereocenters. The van der Waals surface area contributed by atoms with Crippen LogP contribution in [0.2, 0.25) is 0 Å². The number of benzene rings is 1. The van der Waals surface area contributed by atoms with Crippen LogP contribution in [0.25, 0.3) is 0 Å². The zero-order valence-corrected chi connectivity index (χ0v) is 19.2. The fraction of sp³-hybridized carbons (Fsp3) is 0.450. The Hall–Kier alpha value is -2.96. The first kappa shape index (κ1) is 26.3. The van der Waals surface area contributed by atoms with Gasteiger partial charge in [-0.15, -0.1) is 0 Å². The first-order valence-corrected chi connectivity index (χ1v) is 11.7. The number of aromatic nitrogens is 2. The van der Waals surface area contributed by atoms with Gasteiger partial charge in [0.1, 0.15) is 10.7 Å². The first-order chi connectivity index (χ1) is 15.2. The Morgan fingerprint density at radius 2 is 1.88 bits per heavy atom. The van der Waals surface area contributed by atoms with Gasteiger partial charge in [-0.1, -0.05) is 13.8 Å². The Morgan fingerprint density at radius 3 is 2.42 bits per heavy atom. The Kier molecular flexibility index (Phi) is 8.22. The molecule has 0 aliphatic rings. The molecule has 0 aliphatic heterocycles. The summed E-state index contributed by atoms with van der Waals surface area (Å²) in [5, 5.41) is 8.09. The van der Waals surface area contributed by atoms with E-state index in [2.05, 4.69) is 25.9 Å². The molecule has 1 aromatic carbocycles. The lowest BCUT2D eigenvalue weighted by molar-refractivity contribution is -0.142. The third kappa shape index (κ3) is 7.55. The van der Waals surface area contributed by atoms with Crippen LogP contribution in [0.5, 0.6) is 0 Å². The van der Waals surface area contributed by atoms with Crippen molar-refractivity contribution < 1.29 is 30.8 Å². The van der Waals surface area contributed by atoms with Crippen LogP contribution >= 0.6 is 0 Å². The molecule has 0 aliphatic carbocycles. The Bertz CT molecular complexity index is 1110. The second-order valence-electron chi connectivity index (χ2n) is 7.77. The summed E-state index contributed by atoms with van der Waals surface area (Å²) in [7, 11) is -3.78. The zero-order chi connectivity index (χ0) is 25.0. The molecule has 0 spiro atoms. The lowest BCUT2D eigenvalue weighted by atomic mass is 10.0. The molecule has 0 saturated heterocycles. The smallest absolute Gasteiger partial charge is 0.383 e. The number of rotatable bonds is 9. The van der Waals surface area contributed by atoms with Crippen molar-refractivity contribution in [1.29, 1.82) is 0 Å². The second-order valence-corrected chi connectivity index (χ2v) is 9.75.